The SMILES string of the molecule is COc1ccccc1-c1ccc2nnc(SCC(=O)Nc3cccc(C)c3C)n2n1. The second kappa shape index (κ2) is 8.54. The molecule has 4 rings (SSSR count). The minimum atomic E-state index is -0.105. The van der Waals surface area contributed by atoms with Gasteiger partial charge in [0.15, 0.2) is 5.65 Å². The highest BCUT2D eigenvalue weighted by Crippen LogP contribution is 2.28. The Balaban J connectivity index is 1.53. The lowest BCUT2D eigenvalue weighted by Gasteiger charge is -2.10. The molecule has 1 N–H and O–H groups in total. The van der Waals surface area contributed by atoms with Crippen LogP contribution in [0.4, 0.5) is 5.69 Å². The number of carbonyl (C=O) groups is 1. The second-order valence-electron chi connectivity index (χ2n) is 6.76. The zero-order chi connectivity index (χ0) is 21.1. The van der Waals surface area contributed by atoms with Gasteiger partial charge in [-0.2, -0.15) is 9.61 Å². The average molecular weight is 420 g/mol. The number of amides is 1. The number of nitrogens with one attached hydrogen (secondary N) is 1. The Morgan fingerprint density at radius 1 is 1.07 bits per heavy atom. The number of anilines is 1. The van der Waals surface area contributed by atoms with E-state index in [2.05, 4.69) is 20.6 Å². The molecule has 152 valence electrons. The van der Waals surface area contributed by atoms with Crippen LogP contribution in [0.5, 0.6) is 5.75 Å². The number of para-hydroxylation sites is 1. The first-order valence-electron chi connectivity index (χ1n) is 9.41. The lowest BCUT2D eigenvalue weighted by Crippen LogP contribution is -2.15. The number of fused-ring (bicyclic) bond motifs is 1. The summed E-state index contributed by atoms with van der Waals surface area (Å²) in [6, 6.07) is 17.3. The van der Waals surface area contributed by atoms with Crippen LogP contribution < -0.4 is 10.1 Å². The van der Waals surface area contributed by atoms with Gasteiger partial charge in [0.2, 0.25) is 11.1 Å². The maximum atomic E-state index is 12.5. The highest BCUT2D eigenvalue weighted by atomic mass is 32.2. The molecule has 0 aliphatic heterocycles. The number of methoxy groups -OCH3 is 1. The molecule has 0 spiro atoms. The fraction of sp³-hybridized carbons (Fsp3) is 0.182. The summed E-state index contributed by atoms with van der Waals surface area (Å²) >= 11 is 1.29. The van der Waals surface area contributed by atoms with E-state index in [0.717, 1.165) is 33.8 Å². The number of rotatable bonds is 6. The highest BCUT2D eigenvalue weighted by molar-refractivity contribution is 7.99. The molecule has 2 heterocycles. The molecule has 8 heteroatoms. The first kappa shape index (κ1) is 19.9. The lowest BCUT2D eigenvalue weighted by molar-refractivity contribution is -0.113. The van der Waals surface area contributed by atoms with Crippen LogP contribution in [0.15, 0.2) is 59.8 Å². The summed E-state index contributed by atoms with van der Waals surface area (Å²) in [7, 11) is 1.63. The Morgan fingerprint density at radius 3 is 2.73 bits per heavy atom. The summed E-state index contributed by atoms with van der Waals surface area (Å²) in [5.41, 5.74) is 5.25. The van der Waals surface area contributed by atoms with Gasteiger partial charge < -0.3 is 10.1 Å². The first-order valence-corrected chi connectivity index (χ1v) is 10.4. The van der Waals surface area contributed by atoms with Crippen molar-refractivity contribution < 1.29 is 9.53 Å². The van der Waals surface area contributed by atoms with Crippen molar-refractivity contribution in [1.29, 1.82) is 0 Å². The minimum Gasteiger partial charge on any atom is -0.496 e. The van der Waals surface area contributed by atoms with Crippen molar-refractivity contribution in [2.45, 2.75) is 19.0 Å². The number of aryl methyl sites for hydroxylation is 1. The van der Waals surface area contributed by atoms with Crippen LogP contribution in [-0.2, 0) is 4.79 Å². The number of nitrogens with zero attached hydrogens (tertiary/aromatic N) is 4. The number of hydrogen-bond donors (Lipinski definition) is 1. The summed E-state index contributed by atoms with van der Waals surface area (Å²) in [6.45, 7) is 4.01. The van der Waals surface area contributed by atoms with Gasteiger partial charge in [0.25, 0.3) is 0 Å². The van der Waals surface area contributed by atoms with Crippen LogP contribution in [0.1, 0.15) is 11.1 Å². The molecule has 2 aromatic carbocycles. The Kier molecular flexibility index (Phi) is 5.67. The van der Waals surface area contributed by atoms with Crippen molar-refractivity contribution in [2.24, 2.45) is 0 Å². The summed E-state index contributed by atoms with van der Waals surface area (Å²) < 4.78 is 7.09. The fourth-order valence-corrected chi connectivity index (χ4v) is 3.75. The third-order valence-electron chi connectivity index (χ3n) is 4.83. The number of hydrogen-bond acceptors (Lipinski definition) is 6. The predicted octanol–water partition coefficient (Wildman–Crippen LogP) is 4.15. The molecule has 0 aliphatic rings. The Morgan fingerprint density at radius 2 is 1.90 bits per heavy atom. The van der Waals surface area contributed by atoms with Crippen LogP contribution in [0.2, 0.25) is 0 Å². The van der Waals surface area contributed by atoms with E-state index in [0.29, 0.717) is 10.8 Å². The molecule has 1 amide bonds. The molecule has 7 nitrogen and oxygen atoms in total. The zero-order valence-electron chi connectivity index (χ0n) is 16.9. The van der Waals surface area contributed by atoms with Crippen molar-refractivity contribution in [2.75, 3.05) is 18.2 Å². The van der Waals surface area contributed by atoms with E-state index in [1.165, 1.54) is 11.8 Å². The van der Waals surface area contributed by atoms with E-state index in [-0.39, 0.29) is 11.7 Å². The molecule has 0 radical (unpaired) electrons. The number of ether oxygens (including phenoxy) is 1. The molecular weight excluding hydrogens is 398 g/mol. The van der Waals surface area contributed by atoms with Gasteiger partial charge >= 0.3 is 0 Å². The van der Waals surface area contributed by atoms with Crippen LogP contribution in [-0.4, -0.2) is 38.6 Å². The van der Waals surface area contributed by atoms with E-state index >= 15 is 0 Å². The van der Waals surface area contributed by atoms with Crippen molar-refractivity contribution >= 4 is 29.0 Å². The van der Waals surface area contributed by atoms with Gasteiger partial charge in [0.1, 0.15) is 5.75 Å². The Labute approximate surface area is 178 Å². The van der Waals surface area contributed by atoms with E-state index < -0.39 is 0 Å². The van der Waals surface area contributed by atoms with Gasteiger partial charge in [-0.05, 0) is 55.3 Å². The largest absolute Gasteiger partial charge is 0.496 e. The summed E-state index contributed by atoms with van der Waals surface area (Å²) in [5, 5.41) is 16.5. The maximum absolute atomic E-state index is 12.5. The highest BCUT2D eigenvalue weighted by Gasteiger charge is 2.14. The monoisotopic (exact) mass is 419 g/mol. The van der Waals surface area contributed by atoms with Crippen LogP contribution in [0.3, 0.4) is 0 Å². The summed E-state index contributed by atoms with van der Waals surface area (Å²) in [5.74, 6) is 0.834. The van der Waals surface area contributed by atoms with Gasteiger partial charge in [-0.1, -0.05) is 36.0 Å². The Hall–Kier alpha value is -3.39. The van der Waals surface area contributed by atoms with Crippen molar-refractivity contribution in [3.8, 4) is 17.0 Å². The Bertz CT molecular complexity index is 1220. The average Bonchev–Trinajstić information content (AvgIpc) is 3.17. The van der Waals surface area contributed by atoms with E-state index in [4.69, 9.17) is 4.74 Å². The van der Waals surface area contributed by atoms with Crippen molar-refractivity contribution in [1.82, 2.24) is 19.8 Å². The third-order valence-corrected chi connectivity index (χ3v) is 5.75. The smallest absolute Gasteiger partial charge is 0.234 e. The normalized spacial score (nSPS) is 10.9. The molecule has 0 aliphatic carbocycles. The van der Waals surface area contributed by atoms with Gasteiger partial charge in [-0.3, -0.25) is 4.79 Å². The molecule has 0 unspecified atom stereocenters. The minimum absolute atomic E-state index is 0.105. The maximum Gasteiger partial charge on any atom is 0.234 e. The second-order valence-corrected chi connectivity index (χ2v) is 7.70. The molecule has 0 saturated heterocycles. The number of carbonyl (C=O) groups excluding carboxylic acids is 1. The number of benzene rings is 2. The van der Waals surface area contributed by atoms with Crippen LogP contribution >= 0.6 is 11.8 Å². The fourth-order valence-electron chi connectivity index (χ4n) is 3.06. The molecular formula is C22H21N5O2S. The molecule has 0 fully saturated rings. The predicted molar refractivity (Wildman–Crippen MR) is 118 cm³/mol. The zero-order valence-corrected chi connectivity index (χ0v) is 17.7. The molecule has 0 atom stereocenters. The van der Waals surface area contributed by atoms with E-state index in [9.17, 15) is 4.79 Å². The standard InChI is InChI=1S/C22H21N5O2S/c1-14-7-6-9-17(15(14)2)23-21(28)13-30-22-25-24-20-12-11-18(26-27(20)22)16-8-4-5-10-19(16)29-3/h4-12H,13H2,1-3H3,(H,23,28). The van der Waals surface area contributed by atoms with Crippen molar-refractivity contribution in [3.63, 3.8) is 0 Å². The lowest BCUT2D eigenvalue weighted by atomic mass is 10.1. The van der Waals surface area contributed by atoms with Gasteiger partial charge in [-0.15, -0.1) is 10.2 Å². The van der Waals surface area contributed by atoms with E-state index in [1.54, 1.807) is 11.6 Å². The van der Waals surface area contributed by atoms with Gasteiger partial charge in [0, 0.05) is 11.3 Å². The number of aromatic nitrogens is 4. The third kappa shape index (κ3) is 3.99. The first-order chi connectivity index (χ1) is 14.6. The topological polar surface area (TPSA) is 81.4 Å². The van der Waals surface area contributed by atoms with Crippen molar-refractivity contribution in [3.05, 3.63) is 65.7 Å². The summed E-state index contributed by atoms with van der Waals surface area (Å²) in [6.07, 6.45) is 0. The van der Waals surface area contributed by atoms with Crippen LogP contribution in [0.25, 0.3) is 16.9 Å². The van der Waals surface area contributed by atoms with Crippen LogP contribution in [0, 0.1) is 13.8 Å². The molecule has 0 bridgehead atoms. The number of thioether (sulfide) groups is 1. The summed E-state index contributed by atoms with van der Waals surface area (Å²) in [4.78, 5) is 12.5. The van der Waals surface area contributed by atoms with Gasteiger partial charge in [-0.25, -0.2) is 0 Å². The molecule has 2 aromatic heterocycles. The quantitative estimate of drug-likeness (QED) is 0.473. The molecule has 30 heavy (non-hydrogen) atoms. The molecule has 4 aromatic rings. The van der Waals surface area contributed by atoms with E-state index in [1.807, 2.05) is 68.4 Å². The molecule has 0 saturated carbocycles. The van der Waals surface area contributed by atoms with Gasteiger partial charge in [0.05, 0.1) is 18.6 Å².